The van der Waals surface area contributed by atoms with Crippen LogP contribution in [-0.4, -0.2) is 23.0 Å². The molecule has 3 N–H and O–H groups in total. The third kappa shape index (κ3) is 2.95. The highest BCUT2D eigenvalue weighted by molar-refractivity contribution is 6.36. The fourth-order valence-electron chi connectivity index (χ4n) is 2.13. The molecule has 5 heteroatoms. The summed E-state index contributed by atoms with van der Waals surface area (Å²) in [6, 6.07) is 11.6. The Morgan fingerprint density at radius 2 is 1.90 bits per heavy atom. The number of halogens is 1. The minimum absolute atomic E-state index is 0.156. The average molecular weight is 305 g/mol. The first-order chi connectivity index (χ1) is 9.93. The van der Waals surface area contributed by atoms with Crippen LogP contribution in [0.3, 0.4) is 0 Å². The minimum atomic E-state index is -0.295. The van der Waals surface area contributed by atoms with E-state index in [0.29, 0.717) is 16.8 Å². The third-order valence-electron chi connectivity index (χ3n) is 3.55. The molecular formula is C16H17ClN2O2. The van der Waals surface area contributed by atoms with E-state index in [4.69, 9.17) is 17.3 Å². The zero-order chi connectivity index (χ0) is 15.6. The van der Waals surface area contributed by atoms with Gasteiger partial charge in [0.05, 0.1) is 22.3 Å². The molecule has 21 heavy (non-hydrogen) atoms. The summed E-state index contributed by atoms with van der Waals surface area (Å²) in [5.41, 5.74) is 7.12. The first-order valence-corrected chi connectivity index (χ1v) is 6.90. The Morgan fingerprint density at radius 3 is 2.57 bits per heavy atom. The van der Waals surface area contributed by atoms with Crippen LogP contribution in [0.15, 0.2) is 42.5 Å². The van der Waals surface area contributed by atoms with Crippen LogP contribution in [0.1, 0.15) is 28.9 Å². The van der Waals surface area contributed by atoms with Crippen LogP contribution >= 0.6 is 11.6 Å². The number of amides is 1. The number of para-hydroxylation sites is 1. The monoisotopic (exact) mass is 304 g/mol. The number of nitrogens with two attached hydrogens (primary N) is 1. The number of carbonyl (C=O) groups excluding carboxylic acids is 1. The van der Waals surface area contributed by atoms with Gasteiger partial charge in [-0.1, -0.05) is 35.9 Å². The largest absolute Gasteiger partial charge is 0.508 e. The summed E-state index contributed by atoms with van der Waals surface area (Å²) in [6.45, 7) is 1.84. The van der Waals surface area contributed by atoms with Gasteiger partial charge in [-0.3, -0.25) is 4.79 Å². The molecule has 0 saturated heterocycles. The highest BCUT2D eigenvalue weighted by atomic mass is 35.5. The van der Waals surface area contributed by atoms with Crippen LogP contribution in [0.2, 0.25) is 5.02 Å². The number of phenols is 1. The quantitative estimate of drug-likeness (QED) is 0.853. The van der Waals surface area contributed by atoms with E-state index in [1.54, 1.807) is 43.4 Å². The van der Waals surface area contributed by atoms with Gasteiger partial charge < -0.3 is 15.7 Å². The van der Waals surface area contributed by atoms with Gasteiger partial charge in [0.25, 0.3) is 5.91 Å². The molecule has 0 radical (unpaired) electrons. The molecule has 2 aromatic rings. The molecule has 1 amide bonds. The van der Waals surface area contributed by atoms with E-state index in [1.807, 2.05) is 13.0 Å². The van der Waals surface area contributed by atoms with Crippen molar-refractivity contribution < 1.29 is 9.90 Å². The van der Waals surface area contributed by atoms with Crippen LogP contribution in [-0.2, 0) is 0 Å². The lowest BCUT2D eigenvalue weighted by Gasteiger charge is -2.26. The van der Waals surface area contributed by atoms with Gasteiger partial charge >= 0.3 is 0 Å². The van der Waals surface area contributed by atoms with Crippen molar-refractivity contribution in [3.05, 3.63) is 58.6 Å². The van der Waals surface area contributed by atoms with Crippen molar-refractivity contribution in [1.29, 1.82) is 0 Å². The van der Waals surface area contributed by atoms with Crippen molar-refractivity contribution in [2.45, 2.75) is 13.0 Å². The maximum atomic E-state index is 12.5. The standard InChI is InChI=1S/C16H17ClN2O2/c1-10(11-6-3-4-9-14(11)20)19(2)16(21)12-7-5-8-13(18)15(12)17/h3-10,20H,18H2,1-2H3. The predicted molar refractivity (Wildman–Crippen MR) is 84.5 cm³/mol. The average Bonchev–Trinajstić information content (AvgIpc) is 2.48. The number of hydrogen-bond acceptors (Lipinski definition) is 3. The van der Waals surface area contributed by atoms with Gasteiger partial charge in [0, 0.05) is 12.6 Å². The SMILES string of the molecule is CC(c1ccccc1O)N(C)C(=O)c1cccc(N)c1Cl. The summed E-state index contributed by atoms with van der Waals surface area (Å²) >= 11 is 6.09. The Labute approximate surface area is 128 Å². The summed E-state index contributed by atoms with van der Waals surface area (Å²) in [4.78, 5) is 14.1. The zero-order valence-corrected chi connectivity index (χ0v) is 12.6. The lowest BCUT2D eigenvalue weighted by molar-refractivity contribution is 0.0741. The second-order valence-electron chi connectivity index (χ2n) is 4.86. The molecule has 110 valence electrons. The van der Waals surface area contributed by atoms with Crippen molar-refractivity contribution in [2.24, 2.45) is 0 Å². The molecule has 1 atom stereocenters. The van der Waals surface area contributed by atoms with Gasteiger partial charge in [-0.15, -0.1) is 0 Å². The van der Waals surface area contributed by atoms with Crippen molar-refractivity contribution in [3.63, 3.8) is 0 Å². The van der Waals surface area contributed by atoms with E-state index in [2.05, 4.69) is 0 Å². The molecule has 0 bridgehead atoms. The fourth-order valence-corrected chi connectivity index (χ4v) is 2.34. The smallest absolute Gasteiger partial charge is 0.255 e. The van der Waals surface area contributed by atoms with Crippen molar-refractivity contribution in [2.75, 3.05) is 12.8 Å². The Hall–Kier alpha value is -2.20. The number of rotatable bonds is 3. The van der Waals surface area contributed by atoms with Crippen molar-refractivity contribution in [1.82, 2.24) is 4.90 Å². The van der Waals surface area contributed by atoms with Gasteiger partial charge in [0.1, 0.15) is 5.75 Å². The number of nitrogens with zero attached hydrogens (tertiary/aromatic N) is 1. The molecule has 0 aliphatic carbocycles. The molecule has 0 saturated carbocycles. The molecular weight excluding hydrogens is 288 g/mol. The van der Waals surface area contributed by atoms with E-state index in [-0.39, 0.29) is 22.7 Å². The van der Waals surface area contributed by atoms with Gasteiger partial charge in [-0.2, -0.15) is 0 Å². The highest BCUT2D eigenvalue weighted by Crippen LogP contribution is 2.30. The van der Waals surface area contributed by atoms with Crippen LogP contribution in [0.4, 0.5) is 5.69 Å². The highest BCUT2D eigenvalue weighted by Gasteiger charge is 2.23. The molecule has 0 spiro atoms. The summed E-state index contributed by atoms with van der Waals surface area (Å²) in [5, 5.41) is 10.1. The summed E-state index contributed by atoms with van der Waals surface area (Å²) < 4.78 is 0. The lowest BCUT2D eigenvalue weighted by Crippen LogP contribution is -2.30. The molecule has 0 aromatic heterocycles. The summed E-state index contributed by atoms with van der Waals surface area (Å²) in [6.07, 6.45) is 0. The van der Waals surface area contributed by atoms with Crippen molar-refractivity contribution in [3.8, 4) is 5.75 Å². The molecule has 0 heterocycles. The number of anilines is 1. The minimum Gasteiger partial charge on any atom is -0.508 e. The molecule has 0 fully saturated rings. The zero-order valence-electron chi connectivity index (χ0n) is 11.9. The topological polar surface area (TPSA) is 66.6 Å². The third-order valence-corrected chi connectivity index (χ3v) is 3.97. The number of carbonyl (C=O) groups is 1. The summed E-state index contributed by atoms with van der Waals surface area (Å²) in [7, 11) is 1.67. The van der Waals surface area contributed by atoms with Gasteiger partial charge in [0.15, 0.2) is 0 Å². The number of phenolic OH excluding ortho intramolecular Hbond substituents is 1. The summed E-state index contributed by atoms with van der Waals surface area (Å²) in [5.74, 6) is -0.0913. The maximum absolute atomic E-state index is 12.5. The van der Waals surface area contributed by atoms with E-state index in [9.17, 15) is 9.90 Å². The van der Waals surface area contributed by atoms with E-state index in [1.165, 1.54) is 4.90 Å². The second kappa shape index (κ2) is 6.06. The number of nitrogen functional groups attached to an aromatic ring is 1. The number of hydrogen-bond donors (Lipinski definition) is 2. The molecule has 4 nitrogen and oxygen atoms in total. The van der Waals surface area contributed by atoms with E-state index >= 15 is 0 Å². The second-order valence-corrected chi connectivity index (χ2v) is 5.24. The van der Waals surface area contributed by atoms with Crippen molar-refractivity contribution >= 4 is 23.2 Å². The van der Waals surface area contributed by atoms with E-state index < -0.39 is 0 Å². The molecule has 0 aliphatic heterocycles. The predicted octanol–water partition coefficient (Wildman–Crippen LogP) is 3.46. The Bertz CT molecular complexity index is 673. The normalized spacial score (nSPS) is 12.0. The molecule has 2 aromatic carbocycles. The maximum Gasteiger partial charge on any atom is 0.255 e. The Balaban J connectivity index is 2.31. The van der Waals surface area contributed by atoms with Gasteiger partial charge in [0.2, 0.25) is 0 Å². The Kier molecular flexibility index (Phi) is 4.38. The lowest BCUT2D eigenvalue weighted by atomic mass is 10.0. The molecule has 0 aliphatic rings. The fraction of sp³-hybridized carbons (Fsp3) is 0.188. The van der Waals surface area contributed by atoms with Crippen LogP contribution in [0, 0.1) is 0 Å². The molecule has 1 unspecified atom stereocenters. The van der Waals surface area contributed by atoms with E-state index in [0.717, 1.165) is 0 Å². The van der Waals surface area contributed by atoms with Gasteiger partial charge in [-0.05, 0) is 25.1 Å². The molecule has 2 rings (SSSR count). The number of benzene rings is 2. The first-order valence-electron chi connectivity index (χ1n) is 6.52. The van der Waals surface area contributed by atoms with Gasteiger partial charge in [-0.25, -0.2) is 0 Å². The van der Waals surface area contributed by atoms with Crippen LogP contribution in [0.5, 0.6) is 5.75 Å². The van der Waals surface area contributed by atoms with Crippen LogP contribution in [0.25, 0.3) is 0 Å². The Morgan fingerprint density at radius 1 is 1.24 bits per heavy atom. The first kappa shape index (κ1) is 15.2. The van der Waals surface area contributed by atoms with Crippen LogP contribution < -0.4 is 5.73 Å². The number of aromatic hydroxyl groups is 1.